The van der Waals surface area contributed by atoms with E-state index in [0.29, 0.717) is 5.56 Å². The van der Waals surface area contributed by atoms with Gasteiger partial charge in [0, 0.05) is 32.8 Å². The van der Waals surface area contributed by atoms with Crippen molar-refractivity contribution in [2.75, 3.05) is 6.61 Å². The Morgan fingerprint density at radius 3 is 2.44 bits per heavy atom. The number of ether oxygens (including phenoxy) is 4. The number of carbonyl (C=O) groups excluding carboxylic acids is 3. The molecule has 1 amide bonds. The van der Waals surface area contributed by atoms with Gasteiger partial charge in [-0.15, -0.1) is 0 Å². The Bertz CT molecular complexity index is 874. The van der Waals surface area contributed by atoms with Crippen molar-refractivity contribution in [3.8, 4) is 5.75 Å². The number of esters is 2. The highest BCUT2D eigenvalue weighted by molar-refractivity contribution is 5.73. The molecule has 1 aromatic carbocycles. The summed E-state index contributed by atoms with van der Waals surface area (Å²) < 4.78 is 22.1. The standard InChI is InChI=1S/C20H26N2O10/c1-10-17(9-29-12(3)25)32-20(18(21-11(2)24)19(10)30-13(4)26)31-16-6-5-14(8-23)7-15(16)22(27)28/h5-7,10,17-20,23H,8-9H2,1-4H3,(H,21,24)/t10-,17-,18-,19+,20-/m1/s1. The van der Waals surface area contributed by atoms with Crippen LogP contribution in [-0.4, -0.2) is 59.0 Å². The first-order chi connectivity index (χ1) is 15.0. The minimum atomic E-state index is -1.32. The highest BCUT2D eigenvalue weighted by atomic mass is 16.7. The number of aliphatic hydroxyl groups is 1. The minimum absolute atomic E-state index is 0.185. The Hall–Kier alpha value is -3.25. The van der Waals surface area contributed by atoms with Gasteiger partial charge in [0.15, 0.2) is 5.75 Å². The maximum Gasteiger partial charge on any atom is 0.311 e. The van der Waals surface area contributed by atoms with E-state index in [0.717, 1.165) is 6.07 Å². The number of nitrogens with zero attached hydrogens (tertiary/aromatic N) is 1. The zero-order valence-electron chi connectivity index (χ0n) is 18.1. The maximum absolute atomic E-state index is 11.8. The van der Waals surface area contributed by atoms with E-state index >= 15 is 0 Å². The fourth-order valence-electron chi connectivity index (χ4n) is 3.35. The van der Waals surface area contributed by atoms with Crippen molar-refractivity contribution in [2.24, 2.45) is 5.92 Å². The van der Waals surface area contributed by atoms with E-state index in [4.69, 9.17) is 18.9 Å². The lowest BCUT2D eigenvalue weighted by molar-refractivity contribution is -0.386. The van der Waals surface area contributed by atoms with Gasteiger partial charge in [0.25, 0.3) is 0 Å². The quantitative estimate of drug-likeness (QED) is 0.326. The average Bonchev–Trinajstić information content (AvgIpc) is 2.70. The number of amides is 1. The third-order valence-corrected chi connectivity index (χ3v) is 4.83. The fraction of sp³-hybridized carbons (Fsp3) is 0.550. The number of nitrogens with one attached hydrogen (secondary N) is 1. The molecule has 2 N–H and O–H groups in total. The molecule has 0 radical (unpaired) electrons. The summed E-state index contributed by atoms with van der Waals surface area (Å²) in [4.78, 5) is 45.6. The Morgan fingerprint density at radius 1 is 1.22 bits per heavy atom. The molecule has 1 saturated heterocycles. The smallest absolute Gasteiger partial charge is 0.311 e. The van der Waals surface area contributed by atoms with Crippen LogP contribution in [0.2, 0.25) is 0 Å². The molecule has 1 aliphatic rings. The Balaban J connectivity index is 2.44. The van der Waals surface area contributed by atoms with Gasteiger partial charge >= 0.3 is 17.6 Å². The molecular weight excluding hydrogens is 428 g/mol. The predicted octanol–water partition coefficient (Wildman–Crippen LogP) is 0.826. The number of nitro groups is 1. The van der Waals surface area contributed by atoms with Gasteiger partial charge in [-0.05, 0) is 11.6 Å². The SMILES string of the molecule is CC(=O)N[C@H]1[C@H](Oc2ccc(CO)cc2[N+](=O)[O-])O[C@H](COC(C)=O)[C@@H](C)[C@@H]1OC(C)=O. The second kappa shape index (κ2) is 10.9. The van der Waals surface area contributed by atoms with Crippen molar-refractivity contribution in [2.45, 2.75) is 58.8 Å². The van der Waals surface area contributed by atoms with Gasteiger partial charge in [-0.1, -0.05) is 13.0 Å². The van der Waals surface area contributed by atoms with Crippen molar-refractivity contribution in [1.29, 1.82) is 0 Å². The molecule has 0 aromatic heterocycles. The van der Waals surface area contributed by atoms with Crippen LogP contribution >= 0.6 is 0 Å². The first kappa shape index (κ1) is 25.0. The molecule has 32 heavy (non-hydrogen) atoms. The number of hydrogen-bond donors (Lipinski definition) is 2. The molecule has 1 fully saturated rings. The van der Waals surface area contributed by atoms with Gasteiger partial charge in [0.05, 0.1) is 11.5 Å². The van der Waals surface area contributed by atoms with Gasteiger partial charge in [-0.25, -0.2) is 0 Å². The lowest BCUT2D eigenvalue weighted by atomic mass is 9.89. The monoisotopic (exact) mass is 454 g/mol. The Morgan fingerprint density at radius 2 is 1.91 bits per heavy atom. The molecule has 5 atom stereocenters. The predicted molar refractivity (Wildman–Crippen MR) is 107 cm³/mol. The lowest BCUT2D eigenvalue weighted by Gasteiger charge is -2.44. The molecule has 2 rings (SSSR count). The number of hydrogen-bond acceptors (Lipinski definition) is 10. The van der Waals surface area contributed by atoms with E-state index in [1.165, 1.54) is 32.9 Å². The van der Waals surface area contributed by atoms with Crippen molar-refractivity contribution in [1.82, 2.24) is 5.32 Å². The van der Waals surface area contributed by atoms with Gasteiger partial charge in [-0.3, -0.25) is 24.5 Å². The topological polar surface area (TPSA) is 164 Å². The second-order valence-corrected chi connectivity index (χ2v) is 7.34. The summed E-state index contributed by atoms with van der Waals surface area (Å²) in [7, 11) is 0. The maximum atomic E-state index is 11.8. The summed E-state index contributed by atoms with van der Waals surface area (Å²) in [5, 5.41) is 23.4. The molecule has 176 valence electrons. The molecule has 12 nitrogen and oxygen atoms in total. The van der Waals surface area contributed by atoms with E-state index in [2.05, 4.69) is 5.32 Å². The largest absolute Gasteiger partial charge is 0.463 e. The molecular formula is C20H26N2O10. The van der Waals surface area contributed by atoms with E-state index in [1.54, 1.807) is 6.92 Å². The minimum Gasteiger partial charge on any atom is -0.463 e. The first-order valence-electron chi connectivity index (χ1n) is 9.81. The number of aliphatic hydroxyl groups excluding tert-OH is 1. The van der Waals surface area contributed by atoms with E-state index in [-0.39, 0.29) is 12.4 Å². The molecule has 0 unspecified atom stereocenters. The molecule has 1 heterocycles. The average molecular weight is 454 g/mol. The van der Waals surface area contributed by atoms with Gasteiger partial charge in [0.1, 0.15) is 24.9 Å². The number of nitro benzene ring substituents is 1. The molecule has 0 bridgehead atoms. The highest BCUT2D eigenvalue weighted by Gasteiger charge is 2.48. The van der Waals surface area contributed by atoms with Crippen molar-refractivity contribution < 1.29 is 43.4 Å². The first-order valence-corrected chi connectivity index (χ1v) is 9.81. The van der Waals surface area contributed by atoms with E-state index in [1.807, 2.05) is 0 Å². The molecule has 1 aromatic rings. The fourth-order valence-corrected chi connectivity index (χ4v) is 3.35. The Labute approximate surface area is 183 Å². The summed E-state index contributed by atoms with van der Waals surface area (Å²) in [5.74, 6) is -2.36. The number of carbonyl (C=O) groups is 3. The van der Waals surface area contributed by atoms with Gasteiger partial charge in [0.2, 0.25) is 12.2 Å². The van der Waals surface area contributed by atoms with Crippen LogP contribution in [0.25, 0.3) is 0 Å². The third-order valence-electron chi connectivity index (χ3n) is 4.83. The molecule has 12 heteroatoms. The second-order valence-electron chi connectivity index (χ2n) is 7.34. The summed E-state index contributed by atoms with van der Waals surface area (Å²) in [5.41, 5.74) is -0.132. The highest BCUT2D eigenvalue weighted by Crippen LogP contribution is 2.34. The molecule has 0 aliphatic carbocycles. The molecule has 0 spiro atoms. The summed E-state index contributed by atoms with van der Waals surface area (Å²) in [6, 6.07) is 2.85. The van der Waals surface area contributed by atoms with Crippen LogP contribution < -0.4 is 10.1 Å². The number of benzene rings is 1. The number of rotatable bonds is 8. The molecule has 0 saturated carbocycles. The van der Waals surface area contributed by atoms with Crippen LogP contribution in [-0.2, 0) is 35.2 Å². The van der Waals surface area contributed by atoms with Crippen LogP contribution in [0.5, 0.6) is 5.75 Å². The van der Waals surface area contributed by atoms with Crippen molar-refractivity contribution in [3.63, 3.8) is 0 Å². The van der Waals surface area contributed by atoms with E-state index < -0.39 is 65.5 Å². The normalized spacial score (nSPS) is 24.8. The van der Waals surface area contributed by atoms with Gasteiger partial charge in [-0.2, -0.15) is 0 Å². The van der Waals surface area contributed by atoms with Crippen LogP contribution in [0, 0.1) is 16.0 Å². The van der Waals surface area contributed by atoms with E-state index in [9.17, 15) is 29.6 Å². The lowest BCUT2D eigenvalue weighted by Crippen LogP contribution is -2.63. The zero-order valence-corrected chi connectivity index (χ0v) is 18.1. The van der Waals surface area contributed by atoms with Crippen LogP contribution in [0.3, 0.4) is 0 Å². The van der Waals surface area contributed by atoms with Gasteiger partial charge < -0.3 is 29.4 Å². The summed E-state index contributed by atoms with van der Waals surface area (Å²) in [6.07, 6.45) is -3.06. The molecule has 1 aliphatic heterocycles. The third kappa shape index (κ3) is 6.37. The summed E-state index contributed by atoms with van der Waals surface area (Å²) >= 11 is 0. The van der Waals surface area contributed by atoms with Crippen LogP contribution in [0.15, 0.2) is 18.2 Å². The van der Waals surface area contributed by atoms with Crippen LogP contribution in [0.1, 0.15) is 33.3 Å². The Kier molecular flexibility index (Phi) is 8.49. The zero-order chi connectivity index (χ0) is 24.0. The van der Waals surface area contributed by atoms with Crippen LogP contribution in [0.4, 0.5) is 5.69 Å². The van der Waals surface area contributed by atoms with Crippen molar-refractivity contribution >= 4 is 23.5 Å². The summed E-state index contributed by atoms with van der Waals surface area (Å²) in [6.45, 7) is 4.75. The van der Waals surface area contributed by atoms with Crippen molar-refractivity contribution in [3.05, 3.63) is 33.9 Å².